The number of aromatic nitrogens is 3. The Balaban J connectivity index is 2.00. The number of aryl methyl sites for hydroxylation is 4. The lowest BCUT2D eigenvalue weighted by molar-refractivity contribution is -0.385. The predicted octanol–water partition coefficient (Wildman–Crippen LogP) is 5.26. The Morgan fingerprint density at radius 2 is 1.85 bits per heavy atom. The Hall–Kier alpha value is -2.78. The van der Waals surface area contributed by atoms with E-state index in [0.717, 1.165) is 21.7 Å². The third-order valence-corrected chi connectivity index (χ3v) is 5.43. The molecule has 0 aliphatic rings. The number of benzene rings is 1. The maximum absolute atomic E-state index is 11.7. The van der Waals surface area contributed by atoms with Gasteiger partial charge in [0.1, 0.15) is 12.1 Å². The minimum absolute atomic E-state index is 0.0150. The zero-order valence-electron chi connectivity index (χ0n) is 15.0. The summed E-state index contributed by atoms with van der Waals surface area (Å²) in [6.07, 6.45) is 1.20. The molecule has 0 unspecified atom stereocenters. The van der Waals surface area contributed by atoms with E-state index in [-0.39, 0.29) is 17.4 Å². The highest BCUT2D eigenvalue weighted by molar-refractivity contribution is 7.15. The Bertz CT molecular complexity index is 995. The van der Waals surface area contributed by atoms with Crippen LogP contribution in [0, 0.1) is 37.8 Å². The number of hydrogen-bond acceptors (Lipinski definition) is 8. The molecular formula is C17H16ClN5O3S. The fourth-order valence-electron chi connectivity index (χ4n) is 2.40. The summed E-state index contributed by atoms with van der Waals surface area (Å²) in [4.78, 5) is 24.3. The van der Waals surface area contributed by atoms with Gasteiger partial charge in [0.05, 0.1) is 10.6 Å². The lowest BCUT2D eigenvalue weighted by atomic mass is 10.1. The summed E-state index contributed by atoms with van der Waals surface area (Å²) in [6, 6.07) is 3.39. The molecule has 8 nitrogen and oxygen atoms in total. The van der Waals surface area contributed by atoms with Crippen LogP contribution in [-0.4, -0.2) is 19.9 Å². The molecule has 0 atom stereocenters. The van der Waals surface area contributed by atoms with Crippen LogP contribution in [0.25, 0.3) is 0 Å². The smallest absolute Gasteiger partial charge is 0.373 e. The highest BCUT2D eigenvalue weighted by Crippen LogP contribution is 2.37. The Labute approximate surface area is 164 Å². The molecular weight excluding hydrogens is 390 g/mol. The maximum atomic E-state index is 11.7. The molecule has 1 N–H and O–H groups in total. The van der Waals surface area contributed by atoms with Gasteiger partial charge in [-0.2, -0.15) is 4.98 Å². The van der Waals surface area contributed by atoms with Crippen molar-refractivity contribution in [2.45, 2.75) is 27.7 Å². The zero-order valence-corrected chi connectivity index (χ0v) is 16.6. The van der Waals surface area contributed by atoms with E-state index in [1.165, 1.54) is 17.7 Å². The normalized spacial score (nSPS) is 10.7. The number of ether oxygens (including phenoxy) is 1. The van der Waals surface area contributed by atoms with Crippen LogP contribution in [0.5, 0.6) is 11.6 Å². The third-order valence-electron chi connectivity index (χ3n) is 3.85. The molecule has 0 saturated heterocycles. The van der Waals surface area contributed by atoms with Gasteiger partial charge in [0.15, 0.2) is 5.13 Å². The molecule has 1 aromatic carbocycles. The summed E-state index contributed by atoms with van der Waals surface area (Å²) in [6.45, 7) is 7.45. The van der Waals surface area contributed by atoms with E-state index >= 15 is 0 Å². The molecule has 0 bridgehead atoms. The summed E-state index contributed by atoms with van der Waals surface area (Å²) in [7, 11) is 0. The minimum Gasteiger partial charge on any atom is -0.434 e. The molecule has 27 heavy (non-hydrogen) atoms. The molecule has 0 spiro atoms. The first-order chi connectivity index (χ1) is 12.8. The van der Waals surface area contributed by atoms with Crippen molar-refractivity contribution in [1.29, 1.82) is 0 Å². The minimum atomic E-state index is -0.583. The Morgan fingerprint density at radius 1 is 1.19 bits per heavy atom. The number of anilines is 2. The maximum Gasteiger partial charge on any atom is 0.373 e. The van der Waals surface area contributed by atoms with Gasteiger partial charge in [-0.05, 0) is 51.0 Å². The van der Waals surface area contributed by atoms with Crippen LogP contribution < -0.4 is 10.1 Å². The zero-order chi connectivity index (χ0) is 19.7. The number of rotatable bonds is 5. The summed E-state index contributed by atoms with van der Waals surface area (Å²) in [5.41, 5.74) is 2.09. The average molecular weight is 406 g/mol. The van der Waals surface area contributed by atoms with Gasteiger partial charge >= 0.3 is 11.6 Å². The Kier molecular flexibility index (Phi) is 5.24. The highest BCUT2D eigenvalue weighted by Gasteiger charge is 2.26. The van der Waals surface area contributed by atoms with Crippen LogP contribution in [-0.2, 0) is 0 Å². The topological polar surface area (TPSA) is 103 Å². The van der Waals surface area contributed by atoms with Crippen molar-refractivity contribution in [3.63, 3.8) is 0 Å². The number of halogens is 1. The SMILES string of the molecule is Cc1cc(Oc2ncnc(Nc3nc(C)c(C)s3)c2[N+](=O)[O-])cc(C)c1Cl. The molecule has 0 saturated carbocycles. The van der Waals surface area contributed by atoms with E-state index < -0.39 is 4.92 Å². The molecule has 2 heterocycles. The van der Waals surface area contributed by atoms with Crippen molar-refractivity contribution >= 4 is 39.6 Å². The summed E-state index contributed by atoms with van der Waals surface area (Å²) in [5.74, 6) is 0.257. The van der Waals surface area contributed by atoms with Crippen LogP contribution in [0.4, 0.5) is 16.6 Å². The molecule has 2 aromatic heterocycles. The van der Waals surface area contributed by atoms with Crippen LogP contribution in [0.3, 0.4) is 0 Å². The van der Waals surface area contributed by atoms with Crippen molar-refractivity contribution in [3.05, 3.63) is 55.3 Å². The number of hydrogen-bond donors (Lipinski definition) is 1. The standard InChI is InChI=1S/C17H16ClN5O3S/c1-8-5-12(6-9(2)13(8)18)26-16-14(23(24)25)15(19-7-20-16)22-17-21-10(3)11(4)27-17/h5-7H,1-4H3,(H,19,20,21,22). The second-order valence-electron chi connectivity index (χ2n) is 5.89. The fourth-order valence-corrected chi connectivity index (χ4v) is 3.32. The van der Waals surface area contributed by atoms with E-state index in [9.17, 15) is 10.1 Å². The van der Waals surface area contributed by atoms with Crippen molar-refractivity contribution < 1.29 is 9.66 Å². The van der Waals surface area contributed by atoms with E-state index in [4.69, 9.17) is 16.3 Å². The number of nitro groups is 1. The summed E-state index contributed by atoms with van der Waals surface area (Å²) < 4.78 is 5.69. The third kappa shape index (κ3) is 3.99. The van der Waals surface area contributed by atoms with Crippen LogP contribution in [0.2, 0.25) is 5.02 Å². The molecule has 0 amide bonds. The summed E-state index contributed by atoms with van der Waals surface area (Å²) >= 11 is 7.54. The molecule has 140 valence electrons. The van der Waals surface area contributed by atoms with Gasteiger partial charge in [0.2, 0.25) is 5.82 Å². The van der Waals surface area contributed by atoms with Crippen LogP contribution in [0.1, 0.15) is 21.7 Å². The lowest BCUT2D eigenvalue weighted by Gasteiger charge is -2.10. The monoisotopic (exact) mass is 405 g/mol. The van der Waals surface area contributed by atoms with Crippen LogP contribution in [0.15, 0.2) is 18.5 Å². The van der Waals surface area contributed by atoms with Crippen molar-refractivity contribution in [2.75, 3.05) is 5.32 Å². The van der Waals surface area contributed by atoms with Crippen LogP contribution >= 0.6 is 22.9 Å². The number of thiazole rings is 1. The molecule has 3 aromatic rings. The van der Waals surface area contributed by atoms with Crippen molar-refractivity contribution in [2.24, 2.45) is 0 Å². The van der Waals surface area contributed by atoms with Crippen molar-refractivity contribution in [3.8, 4) is 11.6 Å². The second-order valence-corrected chi connectivity index (χ2v) is 7.47. The molecule has 3 rings (SSSR count). The number of nitrogens with zero attached hydrogens (tertiary/aromatic N) is 4. The van der Waals surface area contributed by atoms with Gasteiger partial charge in [0, 0.05) is 9.90 Å². The molecule has 0 fully saturated rings. The summed E-state index contributed by atoms with van der Waals surface area (Å²) in [5, 5.41) is 15.7. The molecule has 0 aliphatic carbocycles. The quantitative estimate of drug-likeness (QED) is 0.455. The molecule has 0 radical (unpaired) electrons. The lowest BCUT2D eigenvalue weighted by Crippen LogP contribution is -2.03. The van der Waals surface area contributed by atoms with Gasteiger partial charge in [-0.15, -0.1) is 11.3 Å². The van der Waals surface area contributed by atoms with E-state index in [1.807, 2.05) is 27.7 Å². The van der Waals surface area contributed by atoms with E-state index in [1.54, 1.807) is 12.1 Å². The highest BCUT2D eigenvalue weighted by atomic mass is 35.5. The largest absolute Gasteiger partial charge is 0.434 e. The predicted molar refractivity (Wildman–Crippen MR) is 105 cm³/mol. The van der Waals surface area contributed by atoms with Gasteiger partial charge in [-0.1, -0.05) is 11.6 Å². The molecule has 0 aliphatic heterocycles. The first-order valence-electron chi connectivity index (χ1n) is 7.91. The van der Waals surface area contributed by atoms with Gasteiger partial charge < -0.3 is 10.1 Å². The first kappa shape index (κ1) is 19.0. The first-order valence-corrected chi connectivity index (χ1v) is 9.10. The average Bonchev–Trinajstić information content (AvgIpc) is 2.90. The van der Waals surface area contributed by atoms with Gasteiger partial charge in [0.25, 0.3) is 0 Å². The Morgan fingerprint density at radius 3 is 2.41 bits per heavy atom. The van der Waals surface area contributed by atoms with E-state index in [2.05, 4.69) is 20.3 Å². The van der Waals surface area contributed by atoms with Gasteiger partial charge in [-0.25, -0.2) is 9.97 Å². The number of nitrogens with one attached hydrogen (secondary N) is 1. The van der Waals surface area contributed by atoms with Gasteiger partial charge in [-0.3, -0.25) is 10.1 Å². The van der Waals surface area contributed by atoms with Crippen molar-refractivity contribution in [1.82, 2.24) is 15.0 Å². The fraction of sp³-hybridized carbons (Fsp3) is 0.235. The van der Waals surface area contributed by atoms with E-state index in [0.29, 0.717) is 15.9 Å². The molecule has 10 heteroatoms. The second kappa shape index (κ2) is 7.45.